The fourth-order valence-electron chi connectivity index (χ4n) is 1.53. The minimum Gasteiger partial charge on any atom is -0.380 e. The molecule has 0 radical (unpaired) electrons. The van der Waals surface area contributed by atoms with Gasteiger partial charge in [0.2, 0.25) is 0 Å². The van der Waals surface area contributed by atoms with E-state index >= 15 is 0 Å². The molecule has 1 saturated heterocycles. The first-order chi connectivity index (χ1) is 7.11. The van der Waals surface area contributed by atoms with Gasteiger partial charge in [0, 0.05) is 25.2 Å². The third-order valence-corrected chi connectivity index (χ3v) is 2.63. The Labute approximate surface area is 88.4 Å². The molecule has 1 aromatic rings. The topological polar surface area (TPSA) is 56.2 Å². The molecular formula is C10H15N3O2. The van der Waals surface area contributed by atoms with Gasteiger partial charge >= 0.3 is 0 Å². The number of amides is 1. The van der Waals surface area contributed by atoms with E-state index in [1.165, 1.54) is 0 Å². The van der Waals surface area contributed by atoms with Crippen molar-refractivity contribution >= 4 is 5.91 Å². The normalized spacial score (nSPS) is 18.3. The lowest BCUT2D eigenvalue weighted by molar-refractivity contribution is -0.0978. The van der Waals surface area contributed by atoms with Crippen LogP contribution in [0.4, 0.5) is 0 Å². The molecule has 0 spiro atoms. The summed E-state index contributed by atoms with van der Waals surface area (Å²) >= 11 is 0. The average Bonchev–Trinajstić information content (AvgIpc) is 2.58. The minimum atomic E-state index is -0.0804. The molecule has 2 rings (SSSR count). The number of nitrogens with zero attached hydrogens (tertiary/aromatic N) is 2. The predicted octanol–water partition coefficient (Wildman–Crippen LogP) is 0.186. The van der Waals surface area contributed by atoms with Gasteiger partial charge in [0.05, 0.1) is 13.2 Å². The van der Waals surface area contributed by atoms with E-state index in [0.717, 1.165) is 13.2 Å². The van der Waals surface area contributed by atoms with Crippen molar-refractivity contribution < 1.29 is 9.53 Å². The van der Waals surface area contributed by atoms with Crippen molar-refractivity contribution in [2.75, 3.05) is 19.8 Å². The molecule has 1 amide bonds. The molecule has 0 unspecified atom stereocenters. The monoisotopic (exact) mass is 209 g/mol. The van der Waals surface area contributed by atoms with Crippen LogP contribution < -0.4 is 5.32 Å². The first kappa shape index (κ1) is 10.2. The van der Waals surface area contributed by atoms with Crippen LogP contribution in [0, 0.1) is 5.41 Å². The summed E-state index contributed by atoms with van der Waals surface area (Å²) in [6, 6.07) is 1.70. The van der Waals surface area contributed by atoms with Crippen molar-refractivity contribution in [1.29, 1.82) is 0 Å². The smallest absolute Gasteiger partial charge is 0.269 e. The van der Waals surface area contributed by atoms with E-state index < -0.39 is 0 Å². The van der Waals surface area contributed by atoms with Gasteiger partial charge in [-0.2, -0.15) is 5.10 Å². The Morgan fingerprint density at radius 2 is 2.47 bits per heavy atom. The molecule has 1 N–H and O–H groups in total. The lowest BCUT2D eigenvalue weighted by Gasteiger charge is -2.37. The molecule has 0 aromatic carbocycles. The number of hydrogen-bond acceptors (Lipinski definition) is 3. The molecule has 0 saturated carbocycles. The zero-order valence-electron chi connectivity index (χ0n) is 8.99. The maximum atomic E-state index is 11.7. The Balaban J connectivity index is 1.90. The zero-order chi connectivity index (χ0) is 10.9. The van der Waals surface area contributed by atoms with Crippen LogP contribution in [0.1, 0.15) is 17.4 Å². The summed E-state index contributed by atoms with van der Waals surface area (Å²) in [4.78, 5) is 11.7. The summed E-state index contributed by atoms with van der Waals surface area (Å²) in [5.74, 6) is -0.0804. The Kier molecular flexibility index (Phi) is 2.48. The van der Waals surface area contributed by atoms with E-state index in [9.17, 15) is 4.79 Å². The zero-order valence-corrected chi connectivity index (χ0v) is 8.99. The average molecular weight is 209 g/mol. The lowest BCUT2D eigenvalue weighted by Crippen LogP contribution is -2.48. The van der Waals surface area contributed by atoms with Gasteiger partial charge in [-0.25, -0.2) is 0 Å². The third-order valence-electron chi connectivity index (χ3n) is 2.63. The number of aromatic nitrogens is 2. The molecule has 5 heteroatoms. The van der Waals surface area contributed by atoms with E-state index in [0.29, 0.717) is 12.2 Å². The Bertz CT molecular complexity index is 368. The van der Waals surface area contributed by atoms with Gasteiger partial charge in [-0.05, 0) is 6.07 Å². The number of hydrogen-bond donors (Lipinski definition) is 1. The number of nitrogens with one attached hydrogen (secondary N) is 1. The maximum absolute atomic E-state index is 11.7. The van der Waals surface area contributed by atoms with Crippen LogP contribution in [0.25, 0.3) is 0 Å². The van der Waals surface area contributed by atoms with Crippen LogP contribution in [-0.4, -0.2) is 35.4 Å². The van der Waals surface area contributed by atoms with E-state index in [1.807, 2.05) is 0 Å². The molecular weight excluding hydrogens is 194 g/mol. The maximum Gasteiger partial charge on any atom is 0.269 e. The molecule has 2 heterocycles. The van der Waals surface area contributed by atoms with Gasteiger partial charge < -0.3 is 10.1 Å². The Morgan fingerprint density at radius 3 is 2.93 bits per heavy atom. The van der Waals surface area contributed by atoms with Crippen LogP contribution in [0.15, 0.2) is 12.3 Å². The highest BCUT2D eigenvalue weighted by Gasteiger charge is 2.33. The summed E-state index contributed by atoms with van der Waals surface area (Å²) in [6.45, 7) is 4.19. The molecule has 5 nitrogen and oxygen atoms in total. The Morgan fingerprint density at radius 1 is 1.73 bits per heavy atom. The van der Waals surface area contributed by atoms with Crippen molar-refractivity contribution in [2.45, 2.75) is 6.92 Å². The fraction of sp³-hybridized carbons (Fsp3) is 0.600. The van der Waals surface area contributed by atoms with Crippen molar-refractivity contribution in [2.24, 2.45) is 12.5 Å². The van der Waals surface area contributed by atoms with Crippen LogP contribution in [0.5, 0.6) is 0 Å². The molecule has 1 aliphatic heterocycles. The first-order valence-corrected chi connectivity index (χ1v) is 4.95. The lowest BCUT2D eigenvalue weighted by atomic mass is 9.89. The second-order valence-electron chi connectivity index (χ2n) is 4.33. The van der Waals surface area contributed by atoms with Gasteiger partial charge in [0.1, 0.15) is 5.69 Å². The number of rotatable bonds is 3. The minimum absolute atomic E-state index is 0.0804. The third kappa shape index (κ3) is 2.02. The second-order valence-corrected chi connectivity index (χ2v) is 4.33. The number of ether oxygens (including phenoxy) is 1. The summed E-state index contributed by atoms with van der Waals surface area (Å²) in [7, 11) is 1.75. The van der Waals surface area contributed by atoms with E-state index in [1.54, 1.807) is 24.0 Å². The molecule has 82 valence electrons. The van der Waals surface area contributed by atoms with Crippen LogP contribution >= 0.6 is 0 Å². The molecule has 15 heavy (non-hydrogen) atoms. The van der Waals surface area contributed by atoms with Gasteiger partial charge in [0.25, 0.3) is 5.91 Å². The van der Waals surface area contributed by atoms with Crippen molar-refractivity contribution in [3.63, 3.8) is 0 Å². The first-order valence-electron chi connectivity index (χ1n) is 4.95. The quantitative estimate of drug-likeness (QED) is 0.773. The second kappa shape index (κ2) is 3.66. The summed E-state index contributed by atoms with van der Waals surface area (Å²) in [6.07, 6.45) is 1.61. The van der Waals surface area contributed by atoms with Crippen molar-refractivity contribution in [3.05, 3.63) is 18.0 Å². The van der Waals surface area contributed by atoms with Crippen LogP contribution in [0.3, 0.4) is 0 Å². The number of carbonyl (C=O) groups excluding carboxylic acids is 1. The summed E-state index contributed by atoms with van der Waals surface area (Å²) in [5.41, 5.74) is 0.688. The number of carbonyl (C=O) groups is 1. The SMILES string of the molecule is Cn1nccc1C(=O)NCC1(C)COC1. The Hall–Kier alpha value is -1.36. The summed E-state index contributed by atoms with van der Waals surface area (Å²) in [5, 5.41) is 6.84. The molecule has 0 aliphatic carbocycles. The molecule has 1 aliphatic rings. The van der Waals surface area contributed by atoms with Crippen LogP contribution in [0.2, 0.25) is 0 Å². The largest absolute Gasteiger partial charge is 0.380 e. The summed E-state index contributed by atoms with van der Waals surface area (Å²) < 4.78 is 6.68. The van der Waals surface area contributed by atoms with Crippen LogP contribution in [-0.2, 0) is 11.8 Å². The molecule has 0 atom stereocenters. The van der Waals surface area contributed by atoms with Gasteiger partial charge in [-0.3, -0.25) is 9.48 Å². The van der Waals surface area contributed by atoms with Gasteiger partial charge in [0.15, 0.2) is 0 Å². The van der Waals surface area contributed by atoms with Gasteiger partial charge in [-0.15, -0.1) is 0 Å². The van der Waals surface area contributed by atoms with Crippen molar-refractivity contribution in [1.82, 2.24) is 15.1 Å². The van der Waals surface area contributed by atoms with Gasteiger partial charge in [-0.1, -0.05) is 6.92 Å². The van der Waals surface area contributed by atoms with E-state index in [2.05, 4.69) is 17.3 Å². The predicted molar refractivity (Wildman–Crippen MR) is 54.5 cm³/mol. The molecule has 1 aromatic heterocycles. The van der Waals surface area contributed by atoms with E-state index in [-0.39, 0.29) is 11.3 Å². The highest BCUT2D eigenvalue weighted by molar-refractivity contribution is 5.92. The fourth-order valence-corrected chi connectivity index (χ4v) is 1.53. The molecule has 0 bridgehead atoms. The molecule has 1 fully saturated rings. The van der Waals surface area contributed by atoms with E-state index in [4.69, 9.17) is 4.74 Å². The standard InChI is InChI=1S/C10H15N3O2/c1-10(6-15-7-10)5-11-9(14)8-3-4-12-13(8)2/h3-4H,5-7H2,1-2H3,(H,11,14). The van der Waals surface area contributed by atoms with Crippen molar-refractivity contribution in [3.8, 4) is 0 Å². The number of aryl methyl sites for hydroxylation is 1. The highest BCUT2D eigenvalue weighted by atomic mass is 16.5. The highest BCUT2D eigenvalue weighted by Crippen LogP contribution is 2.25.